The van der Waals surface area contributed by atoms with Crippen LogP contribution in [0.5, 0.6) is 0 Å². The topological polar surface area (TPSA) is 0 Å². The Morgan fingerprint density at radius 1 is 0.562 bits per heavy atom. The molecule has 4 aromatic rings. The molecule has 152 valence electrons. The molecule has 32 heavy (non-hydrogen) atoms. The van der Waals surface area contributed by atoms with Crippen LogP contribution in [-0.4, -0.2) is 0 Å². The van der Waals surface area contributed by atoms with Gasteiger partial charge in [0.1, 0.15) is 0 Å². The quantitative estimate of drug-likeness (QED) is 0.278. The molecule has 0 N–H and O–H groups in total. The van der Waals surface area contributed by atoms with E-state index < -0.39 is 0 Å². The third-order valence-corrected chi connectivity index (χ3v) is 7.57. The first-order chi connectivity index (χ1) is 15.8. The van der Waals surface area contributed by atoms with Gasteiger partial charge in [0.05, 0.1) is 0 Å². The molecule has 0 aromatic heterocycles. The van der Waals surface area contributed by atoms with Crippen molar-refractivity contribution in [1.29, 1.82) is 0 Å². The molecule has 3 aliphatic rings. The van der Waals surface area contributed by atoms with E-state index in [-0.39, 0.29) is 0 Å². The summed E-state index contributed by atoms with van der Waals surface area (Å²) in [6.45, 7) is 0. The maximum absolute atomic E-state index is 2.41. The predicted molar refractivity (Wildman–Crippen MR) is 134 cm³/mol. The molecule has 1 unspecified atom stereocenters. The van der Waals surface area contributed by atoms with Crippen LogP contribution < -0.4 is 0 Å². The van der Waals surface area contributed by atoms with E-state index in [1.165, 1.54) is 55.6 Å². The number of fused-ring (bicyclic) bond motifs is 5. The summed E-state index contributed by atoms with van der Waals surface area (Å²) in [5.74, 6) is 0.458. The Balaban J connectivity index is 1.19. The molecular weight excluding hydrogens is 384 g/mol. The highest BCUT2D eigenvalue weighted by Crippen LogP contribution is 2.44. The Bertz CT molecular complexity index is 1430. The first-order valence-electron chi connectivity index (χ1n) is 11.6. The van der Waals surface area contributed by atoms with Gasteiger partial charge in [-0.15, -0.1) is 0 Å². The number of allylic oxidation sites excluding steroid dienone is 4. The summed E-state index contributed by atoms with van der Waals surface area (Å²) >= 11 is 0. The molecule has 7 rings (SSSR count). The largest absolute Gasteiger partial charge is 0.0764 e. The molecular formula is C32H24. The van der Waals surface area contributed by atoms with Crippen molar-refractivity contribution in [3.63, 3.8) is 0 Å². The fourth-order valence-corrected chi connectivity index (χ4v) is 5.94. The van der Waals surface area contributed by atoms with Gasteiger partial charge >= 0.3 is 0 Å². The monoisotopic (exact) mass is 408 g/mol. The minimum atomic E-state index is 0.458. The van der Waals surface area contributed by atoms with E-state index in [2.05, 4.69) is 103 Å². The Kier molecular flexibility index (Phi) is 3.90. The van der Waals surface area contributed by atoms with Crippen LogP contribution in [0.4, 0.5) is 0 Å². The summed E-state index contributed by atoms with van der Waals surface area (Å²) in [5.41, 5.74) is 15.8. The maximum Gasteiger partial charge on any atom is 0.00619 e. The number of rotatable bonds is 2. The van der Waals surface area contributed by atoms with Gasteiger partial charge in [0, 0.05) is 5.92 Å². The van der Waals surface area contributed by atoms with Gasteiger partial charge in [-0.05, 0) is 80.5 Å². The highest BCUT2D eigenvalue weighted by Gasteiger charge is 2.26. The third-order valence-electron chi connectivity index (χ3n) is 7.57. The highest BCUT2D eigenvalue weighted by atomic mass is 14.3. The highest BCUT2D eigenvalue weighted by molar-refractivity contribution is 5.85. The second-order valence-corrected chi connectivity index (χ2v) is 9.30. The molecule has 0 bridgehead atoms. The summed E-state index contributed by atoms with van der Waals surface area (Å²) < 4.78 is 0. The van der Waals surface area contributed by atoms with Crippen LogP contribution in [0, 0.1) is 0 Å². The molecule has 1 atom stereocenters. The van der Waals surface area contributed by atoms with Crippen LogP contribution in [0.25, 0.3) is 27.8 Å². The molecule has 0 heterocycles. The zero-order valence-corrected chi connectivity index (χ0v) is 18.0. The SMILES string of the molecule is C1=CC(c2ccc(-c3cccc4c3Cc3ccccc3-4)cc2)CC2=C1Cc1ccccc12. The average Bonchev–Trinajstić information content (AvgIpc) is 3.42. The van der Waals surface area contributed by atoms with E-state index in [1.54, 1.807) is 5.57 Å². The summed E-state index contributed by atoms with van der Waals surface area (Å²) in [6.07, 6.45) is 8.02. The molecule has 0 amide bonds. The van der Waals surface area contributed by atoms with Gasteiger partial charge < -0.3 is 0 Å². The molecule has 0 nitrogen and oxygen atoms in total. The Hall–Kier alpha value is -3.64. The number of hydrogen-bond acceptors (Lipinski definition) is 0. The minimum absolute atomic E-state index is 0.458. The van der Waals surface area contributed by atoms with Crippen molar-refractivity contribution in [3.05, 3.63) is 137 Å². The lowest BCUT2D eigenvalue weighted by molar-refractivity contribution is 0.863. The Morgan fingerprint density at radius 2 is 1.25 bits per heavy atom. The third kappa shape index (κ3) is 2.69. The zero-order valence-electron chi connectivity index (χ0n) is 18.0. The van der Waals surface area contributed by atoms with E-state index in [0.717, 1.165) is 19.3 Å². The lowest BCUT2D eigenvalue weighted by Crippen LogP contribution is -2.02. The molecule has 0 saturated carbocycles. The normalized spacial score (nSPS) is 17.7. The minimum Gasteiger partial charge on any atom is -0.0764 e. The van der Waals surface area contributed by atoms with Gasteiger partial charge in [-0.2, -0.15) is 0 Å². The summed E-state index contributed by atoms with van der Waals surface area (Å²) in [5, 5.41) is 0. The standard InChI is InChI=1S/C32H24/c1-4-9-29-24(6-1)18-26-17-16-23(19-31(26)29)21-12-14-22(15-13-21)27-10-5-11-30-28-8-3-2-7-25(28)20-32(27)30/h1-17,23H,18-20H2. The van der Waals surface area contributed by atoms with E-state index in [1.807, 2.05) is 0 Å². The molecule has 4 aromatic carbocycles. The van der Waals surface area contributed by atoms with Crippen molar-refractivity contribution in [2.24, 2.45) is 0 Å². The van der Waals surface area contributed by atoms with Crippen LogP contribution >= 0.6 is 0 Å². The van der Waals surface area contributed by atoms with Crippen LogP contribution in [-0.2, 0) is 12.8 Å². The fourth-order valence-electron chi connectivity index (χ4n) is 5.94. The van der Waals surface area contributed by atoms with Crippen molar-refractivity contribution >= 4 is 5.57 Å². The molecule has 0 spiro atoms. The van der Waals surface area contributed by atoms with Crippen LogP contribution in [0.2, 0.25) is 0 Å². The van der Waals surface area contributed by atoms with E-state index in [4.69, 9.17) is 0 Å². The predicted octanol–water partition coefficient (Wildman–Crippen LogP) is 7.98. The molecule has 0 fully saturated rings. The van der Waals surface area contributed by atoms with Crippen molar-refractivity contribution in [2.45, 2.75) is 25.2 Å². The molecule has 0 saturated heterocycles. The molecule has 0 radical (unpaired) electrons. The van der Waals surface area contributed by atoms with Gasteiger partial charge in [-0.3, -0.25) is 0 Å². The molecule has 0 aliphatic heterocycles. The molecule has 3 aliphatic carbocycles. The second-order valence-electron chi connectivity index (χ2n) is 9.30. The van der Waals surface area contributed by atoms with Gasteiger partial charge in [0.25, 0.3) is 0 Å². The van der Waals surface area contributed by atoms with E-state index in [0.29, 0.717) is 5.92 Å². The lowest BCUT2D eigenvalue weighted by Gasteiger charge is -2.20. The second kappa shape index (κ2) is 6.93. The smallest absolute Gasteiger partial charge is 0.00619 e. The lowest BCUT2D eigenvalue weighted by atomic mass is 9.84. The van der Waals surface area contributed by atoms with Gasteiger partial charge in [-0.25, -0.2) is 0 Å². The number of benzene rings is 4. The average molecular weight is 409 g/mol. The first kappa shape index (κ1) is 18.0. The number of hydrogen-bond donors (Lipinski definition) is 0. The van der Waals surface area contributed by atoms with Crippen LogP contribution in [0.1, 0.15) is 40.2 Å². The zero-order chi connectivity index (χ0) is 21.1. The van der Waals surface area contributed by atoms with Gasteiger partial charge in [0.2, 0.25) is 0 Å². The maximum atomic E-state index is 2.41. The van der Waals surface area contributed by atoms with Gasteiger partial charge in [-0.1, -0.05) is 103 Å². The van der Waals surface area contributed by atoms with Crippen molar-refractivity contribution < 1.29 is 0 Å². The molecule has 0 heteroatoms. The van der Waals surface area contributed by atoms with Crippen LogP contribution in [0.15, 0.2) is 109 Å². The Morgan fingerprint density at radius 3 is 2.09 bits per heavy atom. The van der Waals surface area contributed by atoms with Crippen molar-refractivity contribution in [1.82, 2.24) is 0 Å². The van der Waals surface area contributed by atoms with Crippen molar-refractivity contribution in [3.8, 4) is 22.3 Å². The van der Waals surface area contributed by atoms with E-state index in [9.17, 15) is 0 Å². The van der Waals surface area contributed by atoms with E-state index >= 15 is 0 Å². The summed E-state index contributed by atoms with van der Waals surface area (Å²) in [4.78, 5) is 0. The van der Waals surface area contributed by atoms with Crippen molar-refractivity contribution in [2.75, 3.05) is 0 Å². The summed E-state index contributed by atoms with van der Waals surface area (Å²) in [6, 6.07) is 33.9. The first-order valence-corrected chi connectivity index (χ1v) is 11.6. The van der Waals surface area contributed by atoms with Gasteiger partial charge in [0.15, 0.2) is 0 Å². The Labute approximate surface area is 189 Å². The van der Waals surface area contributed by atoms with Crippen LogP contribution in [0.3, 0.4) is 0 Å². The summed E-state index contributed by atoms with van der Waals surface area (Å²) in [7, 11) is 0. The fraction of sp³-hybridized carbons (Fsp3) is 0.125.